The number of hydrogen-bond acceptors (Lipinski definition) is 8. The Labute approximate surface area is 192 Å². The Kier molecular flexibility index (Phi) is 7.89. The highest BCUT2D eigenvalue weighted by Gasteiger charge is 2.32. The van der Waals surface area contributed by atoms with Crippen molar-refractivity contribution in [2.24, 2.45) is 0 Å². The van der Waals surface area contributed by atoms with Crippen LogP contribution in [0, 0.1) is 0 Å². The van der Waals surface area contributed by atoms with E-state index in [1.54, 1.807) is 56.3 Å². The van der Waals surface area contributed by atoms with Gasteiger partial charge in [-0.1, -0.05) is 35.5 Å². The van der Waals surface area contributed by atoms with Gasteiger partial charge in [-0.3, -0.25) is 14.4 Å². The van der Waals surface area contributed by atoms with E-state index in [1.165, 1.54) is 11.3 Å². The average molecular weight is 479 g/mol. The molecule has 0 radical (unpaired) electrons. The Hall–Kier alpha value is -2.62. The summed E-state index contributed by atoms with van der Waals surface area (Å²) in [6.45, 7) is 3.65. The summed E-state index contributed by atoms with van der Waals surface area (Å²) in [6, 6.07) is 12.0. The molecular weight excluding hydrogens is 460 g/mol. The molecule has 0 aliphatic rings. The Morgan fingerprint density at radius 2 is 1.77 bits per heavy atom. The van der Waals surface area contributed by atoms with E-state index >= 15 is 0 Å². The van der Waals surface area contributed by atoms with Gasteiger partial charge in [-0.15, -0.1) is 11.3 Å². The zero-order valence-corrected chi connectivity index (χ0v) is 19.1. The summed E-state index contributed by atoms with van der Waals surface area (Å²) in [5.41, 5.74) is 1.62. The summed E-state index contributed by atoms with van der Waals surface area (Å²) >= 11 is 8.36. The van der Waals surface area contributed by atoms with Crippen molar-refractivity contribution >= 4 is 68.4 Å². The number of nitrogens with zero attached hydrogens (tertiary/aromatic N) is 1. The Bertz CT molecular complexity index is 1100. The molecule has 0 fully saturated rings. The van der Waals surface area contributed by atoms with E-state index in [1.807, 2.05) is 0 Å². The van der Waals surface area contributed by atoms with Gasteiger partial charge in [-0.2, -0.15) is 0 Å². The summed E-state index contributed by atoms with van der Waals surface area (Å²) in [6.07, 6.45) is 0. The van der Waals surface area contributed by atoms with Gasteiger partial charge in [-0.25, -0.2) is 4.98 Å². The normalized spacial score (nSPS) is 10.8. The van der Waals surface area contributed by atoms with Gasteiger partial charge in [0.15, 0.2) is 4.34 Å². The topological polar surface area (TPSA) is 94.6 Å². The molecule has 1 aromatic heterocycles. The van der Waals surface area contributed by atoms with Crippen molar-refractivity contribution in [3.8, 4) is 0 Å². The molecule has 0 aliphatic heterocycles. The zero-order chi connectivity index (χ0) is 22.4. The van der Waals surface area contributed by atoms with Crippen molar-refractivity contribution in [2.45, 2.75) is 23.4 Å². The number of carbonyl (C=O) groups excluding carboxylic acids is 3. The van der Waals surface area contributed by atoms with Crippen LogP contribution in [0.2, 0.25) is 5.02 Å². The number of fused-ring (bicyclic) bond motifs is 1. The molecule has 31 heavy (non-hydrogen) atoms. The molecule has 2 aromatic carbocycles. The number of aromatic nitrogens is 1. The fraction of sp³-hybridized carbons (Fsp3) is 0.238. The summed E-state index contributed by atoms with van der Waals surface area (Å²) in [7, 11) is 0. The minimum Gasteiger partial charge on any atom is -0.465 e. The largest absolute Gasteiger partial charge is 0.465 e. The molecular formula is C21H19ClN2O5S2. The van der Waals surface area contributed by atoms with Crippen LogP contribution in [-0.2, 0) is 19.1 Å². The number of amides is 1. The number of benzene rings is 2. The van der Waals surface area contributed by atoms with Crippen molar-refractivity contribution in [1.29, 1.82) is 0 Å². The first-order chi connectivity index (χ1) is 14.9. The van der Waals surface area contributed by atoms with Crippen LogP contribution in [0.5, 0.6) is 0 Å². The highest BCUT2D eigenvalue weighted by Crippen LogP contribution is 2.34. The van der Waals surface area contributed by atoms with E-state index in [-0.39, 0.29) is 19.1 Å². The summed E-state index contributed by atoms with van der Waals surface area (Å²) < 4.78 is 11.3. The van der Waals surface area contributed by atoms with Gasteiger partial charge in [-0.05, 0) is 44.2 Å². The fourth-order valence-corrected chi connectivity index (χ4v) is 4.99. The van der Waals surface area contributed by atoms with E-state index in [0.717, 1.165) is 16.5 Å². The number of thiazole rings is 1. The second-order valence-corrected chi connectivity index (χ2v) is 8.89. The predicted octanol–water partition coefficient (Wildman–Crippen LogP) is 4.79. The first-order valence-corrected chi connectivity index (χ1v) is 11.5. The number of hydrogen-bond donors (Lipinski definition) is 1. The minimum atomic E-state index is -1.15. The minimum absolute atomic E-state index is 0.156. The molecule has 0 saturated heterocycles. The molecule has 3 aromatic rings. The lowest BCUT2D eigenvalue weighted by molar-refractivity contribution is -0.152. The number of rotatable bonds is 8. The quantitative estimate of drug-likeness (QED) is 0.282. The van der Waals surface area contributed by atoms with Crippen LogP contribution in [0.25, 0.3) is 10.2 Å². The molecule has 10 heteroatoms. The third kappa shape index (κ3) is 5.75. The van der Waals surface area contributed by atoms with Crippen molar-refractivity contribution in [2.75, 3.05) is 18.5 Å². The van der Waals surface area contributed by atoms with Crippen molar-refractivity contribution < 1.29 is 23.9 Å². The Morgan fingerprint density at radius 3 is 2.42 bits per heavy atom. The van der Waals surface area contributed by atoms with E-state index in [0.29, 0.717) is 26.1 Å². The first kappa shape index (κ1) is 23.1. The van der Waals surface area contributed by atoms with Crippen LogP contribution in [0.15, 0.2) is 46.8 Å². The van der Waals surface area contributed by atoms with Crippen molar-refractivity contribution in [1.82, 2.24) is 4.98 Å². The van der Waals surface area contributed by atoms with E-state index in [9.17, 15) is 14.4 Å². The molecule has 0 spiro atoms. The predicted molar refractivity (Wildman–Crippen MR) is 122 cm³/mol. The van der Waals surface area contributed by atoms with Crippen molar-refractivity contribution in [3.63, 3.8) is 0 Å². The standard InChI is InChI=1S/C21H19ClN2O5S2/c1-3-28-19(26)17(20(27)29-4-2)31-21-24-15-10-9-12(11-16(15)30-21)23-18(25)13-7-5-6-8-14(13)22/h5-11,17H,3-4H2,1-2H3,(H,23,25). The summed E-state index contributed by atoms with van der Waals surface area (Å²) in [4.78, 5) is 41.3. The molecule has 1 N–H and O–H groups in total. The van der Waals surface area contributed by atoms with Crippen molar-refractivity contribution in [3.05, 3.63) is 53.1 Å². The highest BCUT2D eigenvalue weighted by atomic mass is 35.5. The average Bonchev–Trinajstić information content (AvgIpc) is 3.14. The lowest BCUT2D eigenvalue weighted by atomic mass is 10.2. The van der Waals surface area contributed by atoms with Crippen LogP contribution in [0.4, 0.5) is 5.69 Å². The molecule has 0 aliphatic carbocycles. The van der Waals surface area contributed by atoms with Crippen LogP contribution in [0.3, 0.4) is 0 Å². The number of anilines is 1. The lowest BCUT2D eigenvalue weighted by Gasteiger charge is -2.12. The molecule has 0 saturated carbocycles. The van der Waals surface area contributed by atoms with Crippen LogP contribution < -0.4 is 5.32 Å². The first-order valence-electron chi connectivity index (χ1n) is 9.39. The fourth-order valence-electron chi connectivity index (χ4n) is 2.60. The molecule has 0 atom stereocenters. The second kappa shape index (κ2) is 10.6. The maximum absolute atomic E-state index is 12.5. The Balaban J connectivity index is 1.79. The summed E-state index contributed by atoms with van der Waals surface area (Å²) in [5.74, 6) is -1.66. The smallest absolute Gasteiger partial charge is 0.331 e. The molecule has 3 rings (SSSR count). The molecule has 162 valence electrons. The molecule has 0 unspecified atom stereocenters. The van der Waals surface area contributed by atoms with E-state index in [4.69, 9.17) is 21.1 Å². The van der Waals surface area contributed by atoms with Gasteiger partial charge < -0.3 is 14.8 Å². The maximum atomic E-state index is 12.5. The third-order valence-corrected chi connectivity index (χ3v) is 6.56. The zero-order valence-electron chi connectivity index (χ0n) is 16.7. The highest BCUT2D eigenvalue weighted by molar-refractivity contribution is 8.03. The van der Waals surface area contributed by atoms with Gasteiger partial charge in [0.1, 0.15) is 0 Å². The second-order valence-electron chi connectivity index (χ2n) is 6.10. The van der Waals surface area contributed by atoms with Crippen LogP contribution in [0.1, 0.15) is 24.2 Å². The van der Waals surface area contributed by atoms with E-state index in [2.05, 4.69) is 10.3 Å². The number of carbonyl (C=O) groups is 3. The number of esters is 2. The van der Waals surface area contributed by atoms with Gasteiger partial charge in [0.05, 0.1) is 34.0 Å². The van der Waals surface area contributed by atoms with Gasteiger partial charge >= 0.3 is 11.9 Å². The van der Waals surface area contributed by atoms with E-state index < -0.39 is 17.2 Å². The lowest BCUT2D eigenvalue weighted by Crippen LogP contribution is -2.30. The maximum Gasteiger partial charge on any atom is 0.331 e. The molecule has 1 heterocycles. The number of nitrogens with one attached hydrogen (secondary N) is 1. The third-order valence-electron chi connectivity index (χ3n) is 3.97. The molecule has 0 bridgehead atoms. The summed E-state index contributed by atoms with van der Waals surface area (Å²) in [5, 5.41) is 2.02. The van der Waals surface area contributed by atoms with Gasteiger partial charge in [0.25, 0.3) is 5.91 Å². The van der Waals surface area contributed by atoms with Crippen LogP contribution in [-0.4, -0.2) is 41.3 Å². The number of halogens is 1. The van der Waals surface area contributed by atoms with Crippen LogP contribution >= 0.6 is 34.7 Å². The monoisotopic (exact) mass is 478 g/mol. The number of ether oxygens (including phenoxy) is 2. The molecule has 1 amide bonds. The van der Waals surface area contributed by atoms with Gasteiger partial charge in [0, 0.05) is 5.69 Å². The SMILES string of the molecule is CCOC(=O)C(Sc1nc2ccc(NC(=O)c3ccccc3Cl)cc2s1)C(=O)OCC. The molecule has 7 nitrogen and oxygen atoms in total. The van der Waals surface area contributed by atoms with Gasteiger partial charge in [0.2, 0.25) is 5.25 Å². The Morgan fingerprint density at radius 1 is 1.10 bits per heavy atom. The number of thioether (sulfide) groups is 1.